The molecule has 1 aromatic heterocycles. The van der Waals surface area contributed by atoms with E-state index < -0.39 is 16.1 Å². The van der Waals surface area contributed by atoms with Crippen LogP contribution in [-0.2, 0) is 20.6 Å². The maximum atomic E-state index is 13.2. The van der Waals surface area contributed by atoms with Gasteiger partial charge in [-0.05, 0) is 55.2 Å². The molecule has 1 atom stereocenters. The molecule has 9 nitrogen and oxygen atoms in total. The number of hydrogen-bond donors (Lipinski definition) is 2. The Morgan fingerprint density at radius 3 is 2.49 bits per heavy atom. The maximum absolute atomic E-state index is 13.2. The highest BCUT2D eigenvalue weighted by atomic mass is 35.5. The number of halogens is 1. The van der Waals surface area contributed by atoms with Gasteiger partial charge in [0.2, 0.25) is 21.9 Å². The van der Waals surface area contributed by atoms with Gasteiger partial charge in [-0.1, -0.05) is 48.5 Å². The summed E-state index contributed by atoms with van der Waals surface area (Å²) in [5, 5.41) is 12.1. The molecule has 3 aromatic rings. The summed E-state index contributed by atoms with van der Waals surface area (Å²) in [6.45, 7) is 2.95. The number of carbonyl (C=O) groups excluding carboxylic acids is 1. The second-order valence-corrected chi connectivity index (χ2v) is 11.4. The third kappa shape index (κ3) is 5.64. The lowest BCUT2D eigenvalue weighted by atomic mass is 10.2. The summed E-state index contributed by atoms with van der Waals surface area (Å²) >= 11 is 7.65. The second-order valence-electron chi connectivity index (χ2n) is 8.14. The minimum Gasteiger partial charge on any atom is -0.368 e. The Morgan fingerprint density at radius 1 is 1.14 bits per heavy atom. The van der Waals surface area contributed by atoms with Crippen LogP contribution in [0.25, 0.3) is 0 Å². The van der Waals surface area contributed by atoms with Crippen molar-refractivity contribution in [1.29, 1.82) is 0 Å². The molecule has 1 aliphatic rings. The molecule has 186 valence electrons. The highest BCUT2D eigenvalue weighted by molar-refractivity contribution is 7.98. The lowest BCUT2D eigenvalue weighted by Crippen LogP contribution is -2.28. The second kappa shape index (κ2) is 11.0. The fourth-order valence-electron chi connectivity index (χ4n) is 3.94. The molecule has 0 aliphatic carbocycles. The number of amides is 1. The Morgan fingerprint density at radius 2 is 1.83 bits per heavy atom. The summed E-state index contributed by atoms with van der Waals surface area (Å²) in [6.07, 6.45) is 2.20. The van der Waals surface area contributed by atoms with Crippen molar-refractivity contribution < 1.29 is 13.2 Å². The van der Waals surface area contributed by atoms with Crippen LogP contribution >= 0.6 is 23.4 Å². The minimum absolute atomic E-state index is 0.140. The van der Waals surface area contributed by atoms with Crippen LogP contribution in [0.4, 0.5) is 11.6 Å². The first kappa shape index (κ1) is 25.5. The van der Waals surface area contributed by atoms with E-state index in [4.69, 9.17) is 17.3 Å². The maximum Gasteiger partial charge on any atom is 0.247 e. The lowest BCUT2D eigenvalue weighted by Gasteiger charge is -2.19. The highest BCUT2D eigenvalue weighted by Gasteiger charge is 2.28. The monoisotopic (exact) mass is 534 g/mol. The molecule has 3 N–H and O–H groups in total. The molecule has 2 heterocycles. The van der Waals surface area contributed by atoms with Gasteiger partial charge in [-0.2, -0.15) is 4.31 Å². The Kier molecular flexibility index (Phi) is 8.00. The Labute approximate surface area is 214 Å². The molecule has 0 spiro atoms. The Balaban J connectivity index is 1.47. The van der Waals surface area contributed by atoms with Crippen molar-refractivity contribution in [2.24, 2.45) is 0 Å². The summed E-state index contributed by atoms with van der Waals surface area (Å²) < 4.78 is 28.6. The fraction of sp³-hybridized carbons (Fsp3) is 0.348. The number of nitrogens with zero attached hydrogens (tertiary/aromatic N) is 4. The molecule has 0 bridgehead atoms. The molecule has 1 amide bonds. The zero-order chi connectivity index (χ0) is 25.0. The smallest absolute Gasteiger partial charge is 0.247 e. The van der Waals surface area contributed by atoms with Gasteiger partial charge in [-0.15, -0.1) is 10.2 Å². The third-order valence-corrected chi connectivity index (χ3v) is 9.10. The van der Waals surface area contributed by atoms with Crippen molar-refractivity contribution in [3.63, 3.8) is 0 Å². The summed E-state index contributed by atoms with van der Waals surface area (Å²) in [6, 6.07) is 13.1. The first-order valence-corrected chi connectivity index (χ1v) is 14.1. The van der Waals surface area contributed by atoms with Crippen LogP contribution in [0.5, 0.6) is 0 Å². The predicted molar refractivity (Wildman–Crippen MR) is 138 cm³/mol. The summed E-state index contributed by atoms with van der Waals surface area (Å²) in [5.41, 5.74) is 7.50. The van der Waals surface area contributed by atoms with E-state index >= 15 is 0 Å². The molecule has 2 aromatic carbocycles. The van der Waals surface area contributed by atoms with Gasteiger partial charge in [0, 0.05) is 29.6 Å². The van der Waals surface area contributed by atoms with E-state index in [2.05, 4.69) is 15.5 Å². The number of hydrogen-bond acceptors (Lipinski definition) is 7. The van der Waals surface area contributed by atoms with Crippen LogP contribution in [0, 0.1) is 0 Å². The van der Waals surface area contributed by atoms with Crippen molar-refractivity contribution in [1.82, 2.24) is 19.1 Å². The molecule has 1 saturated heterocycles. The molecular formula is C23H27ClN6O3S2. The summed E-state index contributed by atoms with van der Waals surface area (Å²) in [7, 11) is -3.51. The van der Waals surface area contributed by atoms with Crippen molar-refractivity contribution in [2.75, 3.05) is 24.1 Å². The number of thioether (sulfide) groups is 1. The van der Waals surface area contributed by atoms with Crippen LogP contribution in [0.1, 0.15) is 37.8 Å². The third-order valence-electron chi connectivity index (χ3n) is 5.83. The first-order valence-electron chi connectivity index (χ1n) is 11.3. The molecule has 0 radical (unpaired) electrons. The van der Waals surface area contributed by atoms with Crippen molar-refractivity contribution in [2.45, 2.75) is 48.0 Å². The number of sulfonamides is 1. The van der Waals surface area contributed by atoms with Crippen LogP contribution in [0.3, 0.4) is 0 Å². The van der Waals surface area contributed by atoms with E-state index in [0.717, 1.165) is 18.4 Å². The van der Waals surface area contributed by atoms with E-state index in [1.165, 1.54) is 28.2 Å². The lowest BCUT2D eigenvalue weighted by molar-refractivity contribution is -0.119. The number of nitrogens with two attached hydrogens (primary N) is 1. The molecule has 1 aliphatic heterocycles. The number of benzene rings is 2. The van der Waals surface area contributed by atoms with Gasteiger partial charge < -0.3 is 11.1 Å². The minimum atomic E-state index is -3.51. The van der Waals surface area contributed by atoms with E-state index in [0.29, 0.717) is 41.1 Å². The van der Waals surface area contributed by atoms with Gasteiger partial charge in [0.25, 0.3) is 0 Å². The van der Waals surface area contributed by atoms with E-state index in [1.807, 2.05) is 31.2 Å². The van der Waals surface area contributed by atoms with Gasteiger partial charge >= 0.3 is 0 Å². The average Bonchev–Trinajstić information content (AvgIpc) is 3.51. The van der Waals surface area contributed by atoms with E-state index in [-0.39, 0.29) is 16.8 Å². The van der Waals surface area contributed by atoms with Gasteiger partial charge in [0.05, 0.1) is 4.90 Å². The summed E-state index contributed by atoms with van der Waals surface area (Å²) in [5.74, 6) is 0.387. The van der Waals surface area contributed by atoms with E-state index in [9.17, 15) is 13.2 Å². The molecule has 4 rings (SSSR count). The zero-order valence-electron chi connectivity index (χ0n) is 19.2. The number of aromatic nitrogens is 3. The van der Waals surface area contributed by atoms with Crippen molar-refractivity contribution in [3.8, 4) is 0 Å². The normalized spacial score (nSPS) is 15.3. The molecule has 35 heavy (non-hydrogen) atoms. The largest absolute Gasteiger partial charge is 0.368 e. The molecule has 12 heteroatoms. The van der Waals surface area contributed by atoms with Gasteiger partial charge in [-0.3, -0.25) is 9.36 Å². The van der Waals surface area contributed by atoms with Crippen molar-refractivity contribution >= 4 is 50.9 Å². The summed E-state index contributed by atoms with van der Waals surface area (Å²) in [4.78, 5) is 13.4. The van der Waals surface area contributed by atoms with Crippen molar-refractivity contribution in [3.05, 3.63) is 59.1 Å². The topological polar surface area (TPSA) is 123 Å². The first-order chi connectivity index (χ1) is 16.8. The zero-order valence-corrected chi connectivity index (χ0v) is 21.6. The fourth-order valence-corrected chi connectivity index (χ4v) is 6.73. The highest BCUT2D eigenvalue weighted by Crippen LogP contribution is 2.30. The van der Waals surface area contributed by atoms with Crippen LogP contribution in [0.15, 0.2) is 58.6 Å². The number of anilines is 2. The van der Waals surface area contributed by atoms with E-state index in [1.54, 1.807) is 16.7 Å². The number of carbonyl (C=O) groups is 1. The van der Waals surface area contributed by atoms with Crippen LogP contribution in [-0.4, -0.2) is 46.5 Å². The number of rotatable bonds is 9. The van der Waals surface area contributed by atoms with Gasteiger partial charge in [-0.25, -0.2) is 8.42 Å². The quantitative estimate of drug-likeness (QED) is 0.395. The molecule has 0 saturated carbocycles. The van der Waals surface area contributed by atoms with Crippen LogP contribution in [0.2, 0.25) is 5.02 Å². The number of nitrogen functional groups attached to an aromatic ring is 1. The van der Waals surface area contributed by atoms with Gasteiger partial charge in [0.1, 0.15) is 6.04 Å². The molecular weight excluding hydrogens is 508 g/mol. The average molecular weight is 535 g/mol. The SMILES string of the molecule is CCC(C(=O)Nc1ccc(S(=O)(=O)N2CCCC2)cc1)n1c(N)nnc1SCc1ccccc1Cl. The van der Waals surface area contributed by atoms with Crippen LogP contribution < -0.4 is 11.1 Å². The predicted octanol–water partition coefficient (Wildman–Crippen LogP) is 4.18. The standard InChI is InChI=1S/C23H27ClN6O3S2/c1-2-20(30-22(25)27-28-23(30)34-15-16-7-3-4-8-19(16)24)21(31)26-17-9-11-18(12-10-17)35(32,33)29-13-5-6-14-29/h3-4,7-12,20H,2,5-6,13-15H2,1H3,(H2,25,27)(H,26,31). The Bertz CT molecular complexity index is 1290. The number of nitrogens with one attached hydrogen (secondary N) is 1. The van der Waals surface area contributed by atoms with Gasteiger partial charge in [0.15, 0.2) is 5.16 Å². The molecule has 1 fully saturated rings. The Hall–Kier alpha value is -2.60. The molecule has 1 unspecified atom stereocenters.